The smallest absolute Gasteiger partial charge is 0.153 e. The molecule has 2 aromatic heterocycles. The Hall–Kier alpha value is -1.39. The molecule has 0 aliphatic heterocycles. The molecule has 90 valence electrons. The van der Waals surface area contributed by atoms with Crippen molar-refractivity contribution in [2.75, 3.05) is 6.54 Å². The summed E-state index contributed by atoms with van der Waals surface area (Å²) in [6.07, 6.45) is 3.74. The lowest BCUT2D eigenvalue weighted by molar-refractivity contribution is 0.704. The molecule has 5 heteroatoms. The number of nitrogens with one attached hydrogen (secondary N) is 1. The first-order chi connectivity index (χ1) is 8.20. The van der Waals surface area contributed by atoms with Crippen molar-refractivity contribution < 1.29 is 0 Å². The molecule has 0 amide bonds. The van der Waals surface area contributed by atoms with Gasteiger partial charge in [-0.25, -0.2) is 9.67 Å². The topological polar surface area (TPSA) is 42.7 Å². The van der Waals surface area contributed by atoms with Gasteiger partial charge in [0, 0.05) is 12.7 Å². The molecule has 0 fully saturated rings. The monoisotopic (exact) mass is 250 g/mol. The van der Waals surface area contributed by atoms with Gasteiger partial charge < -0.3 is 5.32 Å². The second kappa shape index (κ2) is 5.29. The van der Waals surface area contributed by atoms with E-state index in [1.165, 1.54) is 0 Å². The first-order valence-electron chi connectivity index (χ1n) is 5.58. The fourth-order valence-electron chi connectivity index (χ4n) is 1.51. The van der Waals surface area contributed by atoms with Crippen molar-refractivity contribution >= 4 is 11.6 Å². The van der Waals surface area contributed by atoms with Crippen LogP contribution in [0.15, 0.2) is 24.5 Å². The summed E-state index contributed by atoms with van der Waals surface area (Å²) in [4.78, 5) is 4.50. The maximum atomic E-state index is 6.09. The SMILES string of the molecule is CCNCc1nc(-n2cc(C)cn2)ccc1Cl. The third-order valence-electron chi connectivity index (χ3n) is 2.39. The molecule has 0 aromatic carbocycles. The second-order valence-corrected chi connectivity index (χ2v) is 4.25. The van der Waals surface area contributed by atoms with E-state index in [2.05, 4.69) is 22.3 Å². The molecule has 0 unspecified atom stereocenters. The summed E-state index contributed by atoms with van der Waals surface area (Å²) in [6, 6.07) is 3.72. The van der Waals surface area contributed by atoms with Crippen LogP contribution in [-0.4, -0.2) is 21.3 Å². The van der Waals surface area contributed by atoms with Crippen LogP contribution in [-0.2, 0) is 6.54 Å². The summed E-state index contributed by atoms with van der Waals surface area (Å²) in [7, 11) is 0. The lowest BCUT2D eigenvalue weighted by atomic mass is 10.3. The summed E-state index contributed by atoms with van der Waals surface area (Å²) in [5, 5.41) is 8.12. The van der Waals surface area contributed by atoms with Crippen LogP contribution < -0.4 is 5.32 Å². The van der Waals surface area contributed by atoms with E-state index in [0.717, 1.165) is 23.6 Å². The van der Waals surface area contributed by atoms with Crippen LogP contribution in [0.5, 0.6) is 0 Å². The number of rotatable bonds is 4. The summed E-state index contributed by atoms with van der Waals surface area (Å²) < 4.78 is 1.75. The minimum atomic E-state index is 0.670. The lowest BCUT2D eigenvalue weighted by Gasteiger charge is -2.07. The first-order valence-corrected chi connectivity index (χ1v) is 5.96. The molecule has 0 aliphatic rings. The summed E-state index contributed by atoms with van der Waals surface area (Å²) >= 11 is 6.09. The lowest BCUT2D eigenvalue weighted by Crippen LogP contribution is -2.14. The van der Waals surface area contributed by atoms with Gasteiger partial charge in [0.25, 0.3) is 0 Å². The van der Waals surface area contributed by atoms with Crippen LogP contribution in [0.1, 0.15) is 18.2 Å². The van der Waals surface area contributed by atoms with E-state index in [9.17, 15) is 0 Å². The number of pyridine rings is 1. The number of hydrogen-bond donors (Lipinski definition) is 1. The van der Waals surface area contributed by atoms with Crippen LogP contribution in [0.4, 0.5) is 0 Å². The third kappa shape index (κ3) is 2.84. The van der Waals surface area contributed by atoms with Gasteiger partial charge >= 0.3 is 0 Å². The number of halogens is 1. The van der Waals surface area contributed by atoms with Gasteiger partial charge in [0.15, 0.2) is 5.82 Å². The molecule has 2 heterocycles. The van der Waals surface area contributed by atoms with Gasteiger partial charge in [0.1, 0.15) is 0 Å². The highest BCUT2D eigenvalue weighted by Crippen LogP contribution is 2.16. The largest absolute Gasteiger partial charge is 0.311 e. The summed E-state index contributed by atoms with van der Waals surface area (Å²) in [6.45, 7) is 5.61. The minimum Gasteiger partial charge on any atom is -0.311 e. The Balaban J connectivity index is 2.30. The summed E-state index contributed by atoms with van der Waals surface area (Å²) in [5.41, 5.74) is 1.95. The van der Waals surface area contributed by atoms with Crippen LogP contribution in [0.25, 0.3) is 5.82 Å². The second-order valence-electron chi connectivity index (χ2n) is 3.84. The van der Waals surface area contributed by atoms with Crippen molar-refractivity contribution in [2.45, 2.75) is 20.4 Å². The van der Waals surface area contributed by atoms with Gasteiger partial charge in [-0.15, -0.1) is 0 Å². The predicted molar refractivity (Wildman–Crippen MR) is 68.5 cm³/mol. The molecule has 0 radical (unpaired) electrons. The number of nitrogens with zero attached hydrogens (tertiary/aromatic N) is 3. The highest BCUT2D eigenvalue weighted by molar-refractivity contribution is 6.31. The Labute approximate surface area is 106 Å². The molecule has 0 saturated heterocycles. The molecule has 0 atom stereocenters. The van der Waals surface area contributed by atoms with Gasteiger partial charge in [-0.1, -0.05) is 18.5 Å². The standard InChI is InChI=1S/C12H15ClN4/c1-3-14-7-11-10(13)4-5-12(16-11)17-8-9(2)6-15-17/h4-6,8,14H,3,7H2,1-2H3. The van der Waals surface area contributed by atoms with Crippen LogP contribution in [0.3, 0.4) is 0 Å². The molecule has 1 N–H and O–H groups in total. The maximum Gasteiger partial charge on any atom is 0.153 e. The summed E-state index contributed by atoms with van der Waals surface area (Å²) in [5.74, 6) is 0.787. The van der Waals surface area contributed by atoms with Crippen molar-refractivity contribution in [1.29, 1.82) is 0 Å². The van der Waals surface area contributed by atoms with Crippen molar-refractivity contribution in [1.82, 2.24) is 20.1 Å². The quantitative estimate of drug-likeness (QED) is 0.906. The zero-order chi connectivity index (χ0) is 12.3. The van der Waals surface area contributed by atoms with Gasteiger partial charge in [-0.05, 0) is 31.2 Å². The van der Waals surface area contributed by atoms with Gasteiger partial charge in [-0.2, -0.15) is 5.10 Å². The average molecular weight is 251 g/mol. The Kier molecular flexibility index (Phi) is 3.76. The van der Waals surface area contributed by atoms with Crippen LogP contribution in [0, 0.1) is 6.92 Å². The zero-order valence-corrected chi connectivity index (χ0v) is 10.7. The van der Waals surface area contributed by atoms with Crippen molar-refractivity contribution in [3.63, 3.8) is 0 Å². The molecular formula is C12H15ClN4. The van der Waals surface area contributed by atoms with Gasteiger partial charge in [0.05, 0.1) is 16.9 Å². The number of aromatic nitrogens is 3. The van der Waals surface area contributed by atoms with E-state index in [1.54, 1.807) is 10.9 Å². The van der Waals surface area contributed by atoms with Gasteiger partial charge in [-0.3, -0.25) is 0 Å². The Bertz CT molecular complexity index is 507. The Morgan fingerprint density at radius 3 is 2.88 bits per heavy atom. The molecule has 2 aromatic rings. The highest BCUT2D eigenvalue weighted by Gasteiger charge is 2.05. The fraction of sp³-hybridized carbons (Fsp3) is 0.333. The van der Waals surface area contributed by atoms with E-state index in [-0.39, 0.29) is 0 Å². The third-order valence-corrected chi connectivity index (χ3v) is 2.74. The van der Waals surface area contributed by atoms with E-state index in [4.69, 9.17) is 11.6 Å². The van der Waals surface area contributed by atoms with Crippen LogP contribution in [0.2, 0.25) is 5.02 Å². The zero-order valence-electron chi connectivity index (χ0n) is 9.94. The van der Waals surface area contributed by atoms with E-state index in [1.807, 2.05) is 25.3 Å². The van der Waals surface area contributed by atoms with Gasteiger partial charge in [0.2, 0.25) is 0 Å². The first kappa shape index (κ1) is 12.1. The normalized spacial score (nSPS) is 10.8. The van der Waals surface area contributed by atoms with E-state index >= 15 is 0 Å². The van der Waals surface area contributed by atoms with Crippen molar-refractivity contribution in [3.05, 3.63) is 40.8 Å². The minimum absolute atomic E-state index is 0.670. The molecule has 0 saturated carbocycles. The highest BCUT2D eigenvalue weighted by atomic mass is 35.5. The number of hydrogen-bond acceptors (Lipinski definition) is 3. The fourth-order valence-corrected chi connectivity index (χ4v) is 1.68. The molecule has 0 spiro atoms. The molecule has 0 bridgehead atoms. The molecule has 17 heavy (non-hydrogen) atoms. The van der Waals surface area contributed by atoms with E-state index in [0.29, 0.717) is 11.6 Å². The van der Waals surface area contributed by atoms with Crippen LogP contribution >= 0.6 is 11.6 Å². The molecule has 2 rings (SSSR count). The van der Waals surface area contributed by atoms with Crippen molar-refractivity contribution in [2.24, 2.45) is 0 Å². The Morgan fingerprint density at radius 2 is 2.24 bits per heavy atom. The number of aryl methyl sites for hydroxylation is 1. The molecule has 0 aliphatic carbocycles. The maximum absolute atomic E-state index is 6.09. The van der Waals surface area contributed by atoms with E-state index < -0.39 is 0 Å². The predicted octanol–water partition coefficient (Wildman–Crippen LogP) is 2.34. The molecular weight excluding hydrogens is 236 g/mol. The molecule has 4 nitrogen and oxygen atoms in total. The Morgan fingerprint density at radius 1 is 1.41 bits per heavy atom. The average Bonchev–Trinajstić information content (AvgIpc) is 2.75. The van der Waals surface area contributed by atoms with Crippen molar-refractivity contribution in [3.8, 4) is 5.82 Å².